The smallest absolute Gasteiger partial charge is 0.316 e. The molecule has 0 atom stereocenters. The van der Waals surface area contributed by atoms with Gasteiger partial charge in [0.1, 0.15) is 5.56 Å². The Morgan fingerprint density at radius 1 is 1.03 bits per heavy atom. The lowest BCUT2D eigenvalue weighted by Gasteiger charge is -2.44. The Hall–Kier alpha value is -2.91. The van der Waals surface area contributed by atoms with Gasteiger partial charge in [0, 0.05) is 12.7 Å². The number of rotatable bonds is 10. The summed E-state index contributed by atoms with van der Waals surface area (Å²) in [5.41, 5.74) is 6.86. The van der Waals surface area contributed by atoms with E-state index in [1.165, 1.54) is 5.06 Å². The average molecular weight is 473 g/mol. The maximum atomic E-state index is 13.6. The van der Waals surface area contributed by atoms with Crippen molar-refractivity contribution >= 4 is 25.9 Å². The first-order valence-corrected chi connectivity index (χ1v) is 13.5. The van der Waals surface area contributed by atoms with Gasteiger partial charge in [-0.05, 0) is 47.8 Å². The van der Waals surface area contributed by atoms with Gasteiger partial charge >= 0.3 is 6.03 Å². The first-order valence-electron chi connectivity index (χ1n) is 11.3. The number of urea groups is 1. The predicted octanol–water partition coefficient (Wildman–Crippen LogP) is 5.93. The van der Waals surface area contributed by atoms with Gasteiger partial charge in [-0.25, -0.2) is 14.8 Å². The van der Waals surface area contributed by atoms with Crippen molar-refractivity contribution in [2.45, 2.75) is 65.1 Å². The van der Waals surface area contributed by atoms with Gasteiger partial charge in [0.15, 0.2) is 5.75 Å². The van der Waals surface area contributed by atoms with Gasteiger partial charge in [0.25, 0.3) is 5.91 Å². The number of hydroxylamine groups is 2. The van der Waals surface area contributed by atoms with Crippen LogP contribution in [0.5, 0.6) is 11.6 Å². The second-order valence-electron chi connectivity index (χ2n) is 8.85. The van der Waals surface area contributed by atoms with E-state index >= 15 is 0 Å². The molecule has 2 aromatic rings. The molecule has 0 saturated heterocycles. The topological polar surface area (TPSA) is 107 Å². The van der Waals surface area contributed by atoms with E-state index in [0.29, 0.717) is 34.6 Å². The molecule has 9 heteroatoms. The number of benzene rings is 1. The second-order valence-corrected chi connectivity index (χ2v) is 14.2. The summed E-state index contributed by atoms with van der Waals surface area (Å²) in [7, 11) is -2.34. The van der Waals surface area contributed by atoms with Crippen LogP contribution in [0, 0.1) is 0 Å². The van der Waals surface area contributed by atoms with Crippen molar-refractivity contribution in [1.29, 1.82) is 0 Å². The molecule has 3 N–H and O–H groups in total. The Balaban J connectivity index is 2.42. The van der Waals surface area contributed by atoms with E-state index in [2.05, 4.69) is 51.8 Å². The van der Waals surface area contributed by atoms with E-state index in [1.807, 2.05) is 6.92 Å². The molecule has 0 bridgehead atoms. The zero-order valence-corrected chi connectivity index (χ0v) is 21.6. The largest absolute Gasteiger partial charge is 0.436 e. The molecular formula is C24H36N4O4Si. The van der Waals surface area contributed by atoms with Gasteiger partial charge in [-0.3, -0.25) is 4.79 Å². The summed E-state index contributed by atoms with van der Waals surface area (Å²) in [5, 5.41) is 3.96. The lowest BCUT2D eigenvalue weighted by molar-refractivity contribution is -0.0442. The van der Waals surface area contributed by atoms with Gasteiger partial charge in [0.2, 0.25) is 14.2 Å². The summed E-state index contributed by atoms with van der Waals surface area (Å²) in [5.74, 6) is 0.122. The standard InChI is InChI=1S/C24H36N4O4Si/c1-8-28(32-33(16(2)3,17(4)5)18(6)7)23(29)19-12-11-15-26-22(19)31-21-14-10-9-13-20(21)27-24(25)30/h9-18H,8H2,1-7H3,(H3,25,27,30). The van der Waals surface area contributed by atoms with E-state index in [9.17, 15) is 9.59 Å². The number of nitrogens with one attached hydrogen (secondary N) is 1. The number of carbonyl (C=O) groups excluding carboxylic acids is 2. The van der Waals surface area contributed by atoms with Crippen LogP contribution in [0.25, 0.3) is 0 Å². The van der Waals surface area contributed by atoms with Crippen LogP contribution in [-0.2, 0) is 4.53 Å². The molecule has 1 aromatic carbocycles. The molecule has 0 saturated carbocycles. The number of primary amides is 1. The molecule has 8 nitrogen and oxygen atoms in total. The molecule has 0 aliphatic rings. The minimum Gasteiger partial charge on any atom is -0.436 e. The Bertz CT molecular complexity index is 943. The molecule has 0 unspecified atom stereocenters. The fourth-order valence-corrected chi connectivity index (χ4v) is 9.65. The van der Waals surface area contributed by atoms with Crippen LogP contribution >= 0.6 is 0 Å². The fraction of sp³-hybridized carbons (Fsp3) is 0.458. The molecule has 0 aliphatic heterocycles. The monoisotopic (exact) mass is 472 g/mol. The number of pyridine rings is 1. The van der Waals surface area contributed by atoms with Gasteiger partial charge < -0.3 is 20.3 Å². The number of para-hydroxylation sites is 2. The lowest BCUT2D eigenvalue weighted by Crippen LogP contribution is -2.53. The first kappa shape index (κ1) is 26.3. The summed E-state index contributed by atoms with van der Waals surface area (Å²) in [4.78, 5) is 29.2. The number of hydrogen-bond donors (Lipinski definition) is 2. The number of nitrogens with two attached hydrogens (primary N) is 1. The molecule has 0 radical (unpaired) electrons. The number of anilines is 1. The highest BCUT2D eigenvalue weighted by Gasteiger charge is 2.48. The van der Waals surface area contributed by atoms with E-state index in [-0.39, 0.29) is 17.4 Å². The Kier molecular flexibility index (Phi) is 9.01. The summed E-state index contributed by atoms with van der Waals surface area (Å²) in [6, 6.07) is 9.43. The number of nitrogens with zero attached hydrogens (tertiary/aromatic N) is 2. The molecule has 180 valence electrons. The molecular weight excluding hydrogens is 436 g/mol. The van der Waals surface area contributed by atoms with Crippen LogP contribution < -0.4 is 15.8 Å². The van der Waals surface area contributed by atoms with Crippen LogP contribution in [0.2, 0.25) is 16.6 Å². The van der Waals surface area contributed by atoms with E-state index in [4.69, 9.17) is 15.0 Å². The Morgan fingerprint density at radius 3 is 2.18 bits per heavy atom. The molecule has 2 rings (SSSR count). The summed E-state index contributed by atoms with van der Waals surface area (Å²) < 4.78 is 12.6. The van der Waals surface area contributed by atoms with Crippen LogP contribution in [0.1, 0.15) is 58.8 Å². The minimum absolute atomic E-state index is 0.120. The first-order chi connectivity index (χ1) is 15.5. The zero-order valence-electron chi connectivity index (χ0n) is 20.6. The van der Waals surface area contributed by atoms with Crippen molar-refractivity contribution in [3.8, 4) is 11.6 Å². The van der Waals surface area contributed by atoms with Crippen LogP contribution in [-0.4, -0.2) is 36.8 Å². The number of ether oxygens (including phenoxy) is 1. The van der Waals surface area contributed by atoms with Crippen LogP contribution in [0.3, 0.4) is 0 Å². The highest BCUT2D eigenvalue weighted by molar-refractivity contribution is 6.77. The minimum atomic E-state index is -2.34. The quantitative estimate of drug-likeness (QED) is 0.329. The molecule has 1 heterocycles. The summed E-state index contributed by atoms with van der Waals surface area (Å²) >= 11 is 0. The number of carbonyl (C=O) groups is 2. The molecule has 0 spiro atoms. The lowest BCUT2D eigenvalue weighted by atomic mass is 10.2. The van der Waals surface area contributed by atoms with Crippen molar-refractivity contribution in [2.75, 3.05) is 11.9 Å². The van der Waals surface area contributed by atoms with E-state index in [1.54, 1.807) is 42.6 Å². The van der Waals surface area contributed by atoms with Crippen molar-refractivity contribution in [1.82, 2.24) is 10.0 Å². The van der Waals surface area contributed by atoms with Crippen molar-refractivity contribution in [2.24, 2.45) is 5.73 Å². The normalized spacial score (nSPS) is 11.7. The SMILES string of the molecule is CCN(O[Si](C(C)C)(C(C)C)C(C)C)C(=O)c1cccnc1Oc1ccccc1NC(N)=O. The maximum Gasteiger partial charge on any atom is 0.316 e. The summed E-state index contributed by atoms with van der Waals surface area (Å²) in [6.07, 6.45) is 1.54. The highest BCUT2D eigenvalue weighted by atomic mass is 28.4. The predicted molar refractivity (Wildman–Crippen MR) is 133 cm³/mol. The summed E-state index contributed by atoms with van der Waals surface area (Å²) in [6.45, 7) is 15.3. The molecule has 33 heavy (non-hydrogen) atoms. The Labute approximate surface area is 197 Å². The third-order valence-corrected chi connectivity index (χ3v) is 11.8. The fourth-order valence-electron chi connectivity index (χ4n) is 4.42. The number of aromatic nitrogens is 1. The van der Waals surface area contributed by atoms with Crippen molar-refractivity contribution < 1.29 is 18.9 Å². The zero-order chi connectivity index (χ0) is 24.8. The Morgan fingerprint density at radius 2 is 1.64 bits per heavy atom. The second kappa shape index (κ2) is 11.3. The van der Waals surface area contributed by atoms with Gasteiger partial charge in [-0.15, -0.1) is 0 Å². The molecule has 0 fully saturated rings. The van der Waals surface area contributed by atoms with E-state index in [0.717, 1.165) is 0 Å². The third kappa shape index (κ3) is 5.91. The third-order valence-electron chi connectivity index (χ3n) is 5.84. The molecule has 0 aliphatic carbocycles. The molecule has 3 amide bonds. The number of amides is 3. The van der Waals surface area contributed by atoms with Gasteiger partial charge in [0.05, 0.1) is 5.69 Å². The molecule has 1 aromatic heterocycles. The van der Waals surface area contributed by atoms with Gasteiger partial charge in [-0.1, -0.05) is 53.7 Å². The maximum absolute atomic E-state index is 13.6. The van der Waals surface area contributed by atoms with Crippen molar-refractivity contribution in [3.05, 3.63) is 48.2 Å². The average Bonchev–Trinajstić information content (AvgIpc) is 2.75. The van der Waals surface area contributed by atoms with Crippen LogP contribution in [0.4, 0.5) is 10.5 Å². The van der Waals surface area contributed by atoms with Crippen LogP contribution in [0.15, 0.2) is 42.6 Å². The van der Waals surface area contributed by atoms with Crippen molar-refractivity contribution in [3.63, 3.8) is 0 Å². The van der Waals surface area contributed by atoms with E-state index < -0.39 is 14.3 Å². The highest BCUT2D eigenvalue weighted by Crippen LogP contribution is 2.43. The van der Waals surface area contributed by atoms with Gasteiger partial charge in [-0.2, -0.15) is 0 Å². The number of hydrogen-bond acceptors (Lipinski definition) is 5.